The van der Waals surface area contributed by atoms with Crippen molar-refractivity contribution < 1.29 is 33.3 Å². The van der Waals surface area contributed by atoms with Gasteiger partial charge in [0.1, 0.15) is 24.7 Å². The van der Waals surface area contributed by atoms with E-state index in [-0.39, 0.29) is 18.5 Å². The summed E-state index contributed by atoms with van der Waals surface area (Å²) in [6.07, 6.45) is 1.83. The quantitative estimate of drug-likeness (QED) is 0.333. The number of carbonyl (C=O) groups is 2. The van der Waals surface area contributed by atoms with Gasteiger partial charge in [-0.1, -0.05) is 6.07 Å². The smallest absolute Gasteiger partial charge is 0.343 e. The van der Waals surface area contributed by atoms with Gasteiger partial charge in [0.15, 0.2) is 0 Å². The number of hydrogen-bond donors (Lipinski definition) is 0. The van der Waals surface area contributed by atoms with Crippen LogP contribution < -0.4 is 9.47 Å². The molecule has 1 atom stereocenters. The average Bonchev–Trinajstić information content (AvgIpc) is 3.29. The number of benzene rings is 2. The van der Waals surface area contributed by atoms with Crippen LogP contribution in [0.3, 0.4) is 0 Å². The van der Waals surface area contributed by atoms with Gasteiger partial charge in [0.2, 0.25) is 0 Å². The van der Waals surface area contributed by atoms with Gasteiger partial charge in [-0.3, -0.25) is 0 Å². The van der Waals surface area contributed by atoms with Gasteiger partial charge in [0.05, 0.1) is 23.8 Å². The molecule has 7 nitrogen and oxygen atoms in total. The summed E-state index contributed by atoms with van der Waals surface area (Å²) in [5.74, 6) is -0.0939. The van der Waals surface area contributed by atoms with Crippen LogP contribution in [0.25, 0.3) is 0 Å². The van der Waals surface area contributed by atoms with Crippen molar-refractivity contribution in [2.24, 2.45) is 0 Å². The summed E-state index contributed by atoms with van der Waals surface area (Å²) in [6, 6.07) is 13.0. The summed E-state index contributed by atoms with van der Waals surface area (Å²) in [5.41, 5.74) is 0.690. The summed E-state index contributed by atoms with van der Waals surface area (Å²) >= 11 is 0. The van der Waals surface area contributed by atoms with Crippen LogP contribution in [0, 0.1) is 0 Å². The zero-order valence-corrected chi connectivity index (χ0v) is 17.0. The number of ether oxygens (including phenoxy) is 5. The highest BCUT2D eigenvalue weighted by Crippen LogP contribution is 2.19. The molecule has 0 amide bonds. The van der Waals surface area contributed by atoms with Crippen molar-refractivity contribution in [1.82, 2.24) is 0 Å². The molecule has 1 heterocycles. The first-order valence-electron chi connectivity index (χ1n) is 10.1. The monoisotopic (exact) mass is 414 g/mol. The third-order valence-corrected chi connectivity index (χ3v) is 4.50. The van der Waals surface area contributed by atoms with Crippen LogP contribution in [0.4, 0.5) is 0 Å². The molecular formula is C23H26O7. The average molecular weight is 414 g/mol. The molecule has 160 valence electrons. The normalized spacial score (nSPS) is 15.6. The molecule has 3 rings (SSSR count). The lowest BCUT2D eigenvalue weighted by Gasteiger charge is -2.11. The van der Waals surface area contributed by atoms with Gasteiger partial charge in [-0.25, -0.2) is 9.59 Å². The Morgan fingerprint density at radius 3 is 2.57 bits per heavy atom. The SMILES string of the molecule is CCOCCOc1ccc(C(=O)Oc2cccc(C(=O)OCC3CCCO3)c2)cc1. The Kier molecular flexibility index (Phi) is 8.23. The number of rotatable bonds is 10. The Morgan fingerprint density at radius 2 is 1.83 bits per heavy atom. The highest BCUT2D eigenvalue weighted by Gasteiger charge is 2.18. The van der Waals surface area contributed by atoms with Crippen molar-refractivity contribution >= 4 is 11.9 Å². The van der Waals surface area contributed by atoms with Crippen LogP contribution in [0.1, 0.15) is 40.5 Å². The Balaban J connectivity index is 1.52. The van der Waals surface area contributed by atoms with Crippen molar-refractivity contribution in [2.45, 2.75) is 25.9 Å². The molecule has 1 aliphatic rings. The van der Waals surface area contributed by atoms with Gasteiger partial charge in [-0.05, 0) is 62.2 Å². The van der Waals surface area contributed by atoms with Crippen LogP contribution in [0.2, 0.25) is 0 Å². The van der Waals surface area contributed by atoms with Gasteiger partial charge in [0.25, 0.3) is 0 Å². The van der Waals surface area contributed by atoms with E-state index in [1.807, 2.05) is 6.92 Å². The van der Waals surface area contributed by atoms with Gasteiger partial charge in [0, 0.05) is 13.2 Å². The number of carbonyl (C=O) groups excluding carboxylic acids is 2. The van der Waals surface area contributed by atoms with E-state index in [9.17, 15) is 9.59 Å². The topological polar surface area (TPSA) is 80.3 Å². The first-order valence-corrected chi connectivity index (χ1v) is 10.1. The van der Waals surface area contributed by atoms with Crippen LogP contribution >= 0.6 is 0 Å². The largest absolute Gasteiger partial charge is 0.491 e. The fraction of sp³-hybridized carbons (Fsp3) is 0.391. The molecule has 0 aliphatic carbocycles. The molecule has 0 spiro atoms. The van der Waals surface area contributed by atoms with Crippen molar-refractivity contribution in [3.05, 3.63) is 59.7 Å². The molecule has 30 heavy (non-hydrogen) atoms. The zero-order valence-electron chi connectivity index (χ0n) is 17.0. The zero-order chi connectivity index (χ0) is 21.2. The fourth-order valence-corrected chi connectivity index (χ4v) is 2.93. The van der Waals surface area contributed by atoms with E-state index in [2.05, 4.69) is 0 Å². The Bertz CT molecular complexity index is 826. The molecular weight excluding hydrogens is 388 g/mol. The Hall–Kier alpha value is -2.90. The highest BCUT2D eigenvalue weighted by molar-refractivity contribution is 5.92. The first-order chi connectivity index (χ1) is 14.7. The third kappa shape index (κ3) is 6.57. The van der Waals surface area contributed by atoms with Gasteiger partial charge >= 0.3 is 11.9 Å². The molecule has 0 saturated carbocycles. The third-order valence-electron chi connectivity index (χ3n) is 4.50. The molecule has 2 aromatic rings. The molecule has 2 aromatic carbocycles. The van der Waals surface area contributed by atoms with E-state index in [0.717, 1.165) is 12.8 Å². The van der Waals surface area contributed by atoms with Crippen LogP contribution in [-0.4, -0.2) is 51.1 Å². The summed E-state index contributed by atoms with van der Waals surface area (Å²) in [7, 11) is 0. The minimum atomic E-state index is -0.527. The standard InChI is InChI=1S/C23H26O7/c1-2-26-13-14-28-19-10-8-17(9-11-19)23(25)30-20-6-3-5-18(15-20)22(24)29-16-21-7-4-12-27-21/h3,5-6,8-11,15,21H,2,4,7,12-14,16H2,1H3. The summed E-state index contributed by atoms with van der Waals surface area (Å²) in [6.45, 7) is 4.43. The van der Waals surface area contributed by atoms with Crippen molar-refractivity contribution in [3.8, 4) is 11.5 Å². The van der Waals surface area contributed by atoms with Crippen LogP contribution in [-0.2, 0) is 14.2 Å². The van der Waals surface area contributed by atoms with E-state index >= 15 is 0 Å². The molecule has 1 unspecified atom stereocenters. The van der Waals surface area contributed by atoms with E-state index in [1.165, 1.54) is 6.07 Å². The lowest BCUT2D eigenvalue weighted by atomic mass is 10.2. The van der Waals surface area contributed by atoms with Crippen molar-refractivity contribution in [3.63, 3.8) is 0 Å². The molecule has 1 saturated heterocycles. The second kappa shape index (κ2) is 11.3. The van der Waals surface area contributed by atoms with E-state index in [0.29, 0.717) is 43.3 Å². The van der Waals surface area contributed by atoms with E-state index < -0.39 is 11.9 Å². The lowest BCUT2D eigenvalue weighted by Crippen LogP contribution is -2.18. The minimum Gasteiger partial charge on any atom is -0.491 e. The molecule has 1 fully saturated rings. The predicted octanol–water partition coefficient (Wildman–Crippen LogP) is 3.66. The maximum atomic E-state index is 12.4. The summed E-state index contributed by atoms with van der Waals surface area (Å²) in [5, 5.41) is 0. The summed E-state index contributed by atoms with van der Waals surface area (Å²) < 4.78 is 26.9. The van der Waals surface area contributed by atoms with Crippen LogP contribution in [0.5, 0.6) is 11.5 Å². The van der Waals surface area contributed by atoms with Gasteiger partial charge in [-0.2, -0.15) is 0 Å². The Morgan fingerprint density at radius 1 is 1.00 bits per heavy atom. The molecule has 0 aromatic heterocycles. The predicted molar refractivity (Wildman–Crippen MR) is 109 cm³/mol. The van der Waals surface area contributed by atoms with E-state index in [1.54, 1.807) is 42.5 Å². The molecule has 0 radical (unpaired) electrons. The maximum Gasteiger partial charge on any atom is 0.343 e. The first kappa shape index (κ1) is 21.8. The lowest BCUT2D eigenvalue weighted by molar-refractivity contribution is 0.0161. The number of hydrogen-bond acceptors (Lipinski definition) is 7. The van der Waals surface area contributed by atoms with Gasteiger partial charge < -0.3 is 23.7 Å². The minimum absolute atomic E-state index is 0.0407. The van der Waals surface area contributed by atoms with E-state index in [4.69, 9.17) is 23.7 Å². The molecule has 1 aliphatic heterocycles. The van der Waals surface area contributed by atoms with Crippen LogP contribution in [0.15, 0.2) is 48.5 Å². The maximum absolute atomic E-state index is 12.4. The summed E-state index contributed by atoms with van der Waals surface area (Å²) in [4.78, 5) is 24.6. The fourth-order valence-electron chi connectivity index (χ4n) is 2.93. The molecule has 0 N–H and O–H groups in total. The second-order valence-electron chi connectivity index (χ2n) is 6.72. The number of esters is 2. The van der Waals surface area contributed by atoms with Crippen molar-refractivity contribution in [2.75, 3.05) is 33.0 Å². The molecule has 7 heteroatoms. The Labute approximate surface area is 175 Å². The van der Waals surface area contributed by atoms with Gasteiger partial charge in [-0.15, -0.1) is 0 Å². The van der Waals surface area contributed by atoms with Crippen molar-refractivity contribution in [1.29, 1.82) is 0 Å². The molecule has 0 bridgehead atoms. The second-order valence-corrected chi connectivity index (χ2v) is 6.72. The highest BCUT2D eigenvalue weighted by atomic mass is 16.6.